The monoisotopic (exact) mass is 168 g/mol. The summed E-state index contributed by atoms with van der Waals surface area (Å²) in [4.78, 5) is 0. The first-order valence-electron chi connectivity index (χ1n) is 5.11. The van der Waals surface area contributed by atoms with Gasteiger partial charge in [0.15, 0.2) is 0 Å². The van der Waals surface area contributed by atoms with E-state index in [9.17, 15) is 0 Å². The average molecular weight is 168 g/mol. The number of rotatable bonds is 2. The first kappa shape index (κ1) is 7.34. The summed E-state index contributed by atoms with van der Waals surface area (Å²) in [5.74, 6) is 1.72. The molecule has 0 spiro atoms. The molecule has 1 saturated carbocycles. The Bertz CT molecular complexity index is 188. The molecule has 2 heteroatoms. The van der Waals surface area contributed by atoms with Gasteiger partial charge in [-0.15, -0.1) is 0 Å². The summed E-state index contributed by atoms with van der Waals surface area (Å²) in [6.07, 6.45) is 5.90. The van der Waals surface area contributed by atoms with Crippen molar-refractivity contribution in [2.75, 3.05) is 6.61 Å². The van der Waals surface area contributed by atoms with Crippen molar-refractivity contribution in [3.63, 3.8) is 0 Å². The van der Waals surface area contributed by atoms with Gasteiger partial charge in [0.1, 0.15) is 0 Å². The standard InChI is InChI=1S/C10H16O2/c1-6-10(12-6)8-3-2-7(4-8)9-5-11-9/h6-10H,2-5H2,1H3. The average Bonchev–Trinajstić information content (AvgIpc) is 2.96. The summed E-state index contributed by atoms with van der Waals surface area (Å²) in [7, 11) is 0. The van der Waals surface area contributed by atoms with Crippen LogP contribution in [0.4, 0.5) is 0 Å². The molecule has 0 radical (unpaired) electrons. The third-order valence-corrected chi connectivity index (χ3v) is 3.62. The highest BCUT2D eigenvalue weighted by atomic mass is 16.6. The van der Waals surface area contributed by atoms with Crippen LogP contribution in [0.15, 0.2) is 0 Å². The molecule has 2 saturated heterocycles. The number of epoxide rings is 2. The van der Waals surface area contributed by atoms with Gasteiger partial charge in [0, 0.05) is 0 Å². The highest BCUT2D eigenvalue weighted by Gasteiger charge is 2.47. The van der Waals surface area contributed by atoms with E-state index in [-0.39, 0.29) is 0 Å². The zero-order chi connectivity index (χ0) is 8.13. The minimum atomic E-state index is 0.550. The lowest BCUT2D eigenvalue weighted by atomic mass is 9.99. The highest BCUT2D eigenvalue weighted by molar-refractivity contribution is 4.95. The van der Waals surface area contributed by atoms with E-state index in [0.29, 0.717) is 18.3 Å². The van der Waals surface area contributed by atoms with Crippen LogP contribution in [0.1, 0.15) is 26.2 Å². The van der Waals surface area contributed by atoms with Gasteiger partial charge >= 0.3 is 0 Å². The van der Waals surface area contributed by atoms with Crippen molar-refractivity contribution >= 4 is 0 Å². The molecule has 5 atom stereocenters. The van der Waals surface area contributed by atoms with Crippen molar-refractivity contribution in [3.8, 4) is 0 Å². The summed E-state index contributed by atoms with van der Waals surface area (Å²) >= 11 is 0. The van der Waals surface area contributed by atoms with E-state index in [2.05, 4.69) is 6.92 Å². The first-order valence-corrected chi connectivity index (χ1v) is 5.11. The van der Waals surface area contributed by atoms with E-state index in [4.69, 9.17) is 9.47 Å². The second-order valence-corrected chi connectivity index (χ2v) is 4.51. The fourth-order valence-corrected chi connectivity index (χ4v) is 2.71. The maximum atomic E-state index is 5.51. The van der Waals surface area contributed by atoms with Crippen molar-refractivity contribution in [2.24, 2.45) is 11.8 Å². The Kier molecular flexibility index (Phi) is 1.50. The molecule has 0 aromatic heterocycles. The smallest absolute Gasteiger partial charge is 0.0867 e. The molecular formula is C10H16O2. The van der Waals surface area contributed by atoms with Crippen molar-refractivity contribution in [2.45, 2.75) is 44.5 Å². The number of hydrogen-bond acceptors (Lipinski definition) is 2. The molecule has 2 aliphatic heterocycles. The van der Waals surface area contributed by atoms with Crippen LogP contribution < -0.4 is 0 Å². The van der Waals surface area contributed by atoms with Crippen molar-refractivity contribution in [1.29, 1.82) is 0 Å². The Labute approximate surface area is 73.2 Å². The highest BCUT2D eigenvalue weighted by Crippen LogP contribution is 2.45. The van der Waals surface area contributed by atoms with E-state index in [0.717, 1.165) is 18.4 Å². The van der Waals surface area contributed by atoms with Crippen LogP contribution in [0.3, 0.4) is 0 Å². The first-order chi connectivity index (χ1) is 5.84. The van der Waals surface area contributed by atoms with Gasteiger partial charge in [0.2, 0.25) is 0 Å². The van der Waals surface area contributed by atoms with E-state index in [1.165, 1.54) is 19.3 Å². The van der Waals surface area contributed by atoms with E-state index < -0.39 is 0 Å². The molecule has 2 nitrogen and oxygen atoms in total. The number of ether oxygens (including phenoxy) is 2. The van der Waals surface area contributed by atoms with Crippen molar-refractivity contribution < 1.29 is 9.47 Å². The second kappa shape index (κ2) is 2.46. The Morgan fingerprint density at radius 1 is 1.17 bits per heavy atom. The Morgan fingerprint density at radius 2 is 1.83 bits per heavy atom. The van der Waals surface area contributed by atoms with E-state index in [1.54, 1.807) is 0 Å². The SMILES string of the molecule is CC1OC1C1CCC(C2CO2)C1. The quantitative estimate of drug-likeness (QED) is 0.585. The summed E-state index contributed by atoms with van der Waals surface area (Å²) < 4.78 is 10.8. The van der Waals surface area contributed by atoms with Gasteiger partial charge in [0.05, 0.1) is 24.9 Å². The van der Waals surface area contributed by atoms with Crippen LogP contribution in [-0.2, 0) is 9.47 Å². The van der Waals surface area contributed by atoms with Gasteiger partial charge in [-0.3, -0.25) is 0 Å². The minimum absolute atomic E-state index is 0.550. The van der Waals surface area contributed by atoms with E-state index >= 15 is 0 Å². The van der Waals surface area contributed by atoms with Crippen LogP contribution in [0, 0.1) is 11.8 Å². The van der Waals surface area contributed by atoms with Crippen LogP contribution in [0.2, 0.25) is 0 Å². The molecule has 3 fully saturated rings. The second-order valence-electron chi connectivity index (χ2n) is 4.51. The predicted molar refractivity (Wildman–Crippen MR) is 44.9 cm³/mol. The molecule has 3 rings (SSSR count). The van der Waals surface area contributed by atoms with Gasteiger partial charge in [0.25, 0.3) is 0 Å². The summed E-state index contributed by atoms with van der Waals surface area (Å²) in [6, 6.07) is 0. The molecule has 12 heavy (non-hydrogen) atoms. The van der Waals surface area contributed by atoms with Gasteiger partial charge in [-0.2, -0.15) is 0 Å². The molecule has 0 bridgehead atoms. The van der Waals surface area contributed by atoms with E-state index in [1.807, 2.05) is 0 Å². The largest absolute Gasteiger partial charge is 0.373 e. The van der Waals surface area contributed by atoms with Crippen LogP contribution in [0.25, 0.3) is 0 Å². The van der Waals surface area contributed by atoms with Gasteiger partial charge in [-0.1, -0.05) is 0 Å². The molecular weight excluding hydrogens is 152 g/mol. The third-order valence-electron chi connectivity index (χ3n) is 3.62. The van der Waals surface area contributed by atoms with Crippen LogP contribution in [-0.4, -0.2) is 24.9 Å². The molecule has 0 N–H and O–H groups in total. The van der Waals surface area contributed by atoms with Crippen molar-refractivity contribution in [1.82, 2.24) is 0 Å². The fourth-order valence-electron chi connectivity index (χ4n) is 2.71. The lowest BCUT2D eigenvalue weighted by Gasteiger charge is -2.05. The molecule has 68 valence electrons. The summed E-state index contributed by atoms with van der Waals surface area (Å²) in [6.45, 7) is 3.21. The predicted octanol–water partition coefficient (Wildman–Crippen LogP) is 1.59. The molecule has 5 unspecified atom stereocenters. The number of hydrogen-bond donors (Lipinski definition) is 0. The molecule has 1 aliphatic carbocycles. The molecule has 2 heterocycles. The molecule has 3 aliphatic rings. The van der Waals surface area contributed by atoms with Crippen LogP contribution >= 0.6 is 0 Å². The third kappa shape index (κ3) is 1.17. The minimum Gasteiger partial charge on any atom is -0.373 e. The fraction of sp³-hybridized carbons (Fsp3) is 1.00. The lowest BCUT2D eigenvalue weighted by molar-refractivity contribution is 0.296. The molecule has 0 aromatic rings. The Morgan fingerprint density at radius 3 is 2.42 bits per heavy atom. The maximum absolute atomic E-state index is 5.51. The molecule has 0 aromatic carbocycles. The zero-order valence-electron chi connectivity index (χ0n) is 7.53. The topological polar surface area (TPSA) is 25.1 Å². The Hall–Kier alpha value is -0.0800. The maximum Gasteiger partial charge on any atom is 0.0867 e. The van der Waals surface area contributed by atoms with Gasteiger partial charge in [-0.25, -0.2) is 0 Å². The molecule has 0 amide bonds. The van der Waals surface area contributed by atoms with Gasteiger partial charge < -0.3 is 9.47 Å². The normalized spacial score (nSPS) is 57.2. The summed E-state index contributed by atoms with van der Waals surface area (Å²) in [5, 5.41) is 0. The lowest BCUT2D eigenvalue weighted by Crippen LogP contribution is -2.08. The van der Waals surface area contributed by atoms with Gasteiger partial charge in [-0.05, 0) is 38.0 Å². The Balaban J connectivity index is 1.56. The zero-order valence-corrected chi connectivity index (χ0v) is 7.53. The van der Waals surface area contributed by atoms with Crippen molar-refractivity contribution in [3.05, 3.63) is 0 Å². The summed E-state index contributed by atoms with van der Waals surface area (Å²) in [5.41, 5.74) is 0. The van der Waals surface area contributed by atoms with Crippen LogP contribution in [0.5, 0.6) is 0 Å².